The smallest absolute Gasteiger partial charge is 0.0490 e. The molecule has 0 aliphatic carbocycles. The first-order valence-electron chi connectivity index (χ1n) is 4.68. The normalized spacial score (nSPS) is 13.0. The molecule has 80 valence electrons. The number of hydrogen-bond acceptors (Lipinski definition) is 4. The molecular weight excluding hydrogens is 198 g/mol. The fourth-order valence-corrected chi connectivity index (χ4v) is 1.93. The highest BCUT2D eigenvalue weighted by atomic mass is 32.2. The van der Waals surface area contributed by atoms with Gasteiger partial charge in [-0.2, -0.15) is 16.9 Å². The van der Waals surface area contributed by atoms with Crippen LogP contribution in [-0.4, -0.2) is 40.0 Å². The van der Waals surface area contributed by atoms with Gasteiger partial charge in [0.2, 0.25) is 0 Å². The lowest BCUT2D eigenvalue weighted by molar-refractivity contribution is 0.269. The van der Waals surface area contributed by atoms with Gasteiger partial charge in [0.25, 0.3) is 0 Å². The fourth-order valence-electron chi connectivity index (χ4n) is 1.24. The number of aliphatic hydroxyl groups excluding tert-OH is 1. The summed E-state index contributed by atoms with van der Waals surface area (Å²) < 4.78 is 0. The third-order valence-corrected chi connectivity index (χ3v) is 2.72. The molecule has 0 aliphatic heterocycles. The van der Waals surface area contributed by atoms with Crippen molar-refractivity contribution in [1.29, 1.82) is 0 Å². The molecule has 0 aliphatic rings. The maximum Gasteiger partial charge on any atom is 0.0490 e. The van der Waals surface area contributed by atoms with E-state index in [1.54, 1.807) is 18.0 Å². The number of hydrogen-bond donors (Lipinski definition) is 3. The molecule has 1 unspecified atom stereocenters. The summed E-state index contributed by atoms with van der Waals surface area (Å²) in [5.74, 6) is 1.02. The lowest BCUT2D eigenvalue weighted by Gasteiger charge is -2.15. The van der Waals surface area contributed by atoms with Crippen molar-refractivity contribution < 1.29 is 5.11 Å². The summed E-state index contributed by atoms with van der Waals surface area (Å²) in [6.07, 6.45) is 4.61. The third kappa shape index (κ3) is 4.13. The van der Waals surface area contributed by atoms with Crippen molar-refractivity contribution in [3.63, 3.8) is 0 Å². The lowest BCUT2D eigenvalue weighted by Crippen LogP contribution is -2.31. The van der Waals surface area contributed by atoms with Gasteiger partial charge in [-0.05, 0) is 18.7 Å². The summed E-state index contributed by atoms with van der Waals surface area (Å²) in [6.45, 7) is 1.02. The lowest BCUT2D eigenvalue weighted by atomic mass is 10.2. The molecule has 1 rings (SSSR count). The largest absolute Gasteiger partial charge is 0.396 e. The monoisotopic (exact) mass is 215 g/mol. The Kier molecular flexibility index (Phi) is 5.66. The summed E-state index contributed by atoms with van der Waals surface area (Å²) in [4.78, 5) is 0. The van der Waals surface area contributed by atoms with E-state index in [1.807, 2.05) is 6.07 Å². The van der Waals surface area contributed by atoms with Gasteiger partial charge in [-0.25, -0.2) is 0 Å². The average molecular weight is 215 g/mol. The van der Waals surface area contributed by atoms with E-state index in [0.29, 0.717) is 6.04 Å². The first kappa shape index (κ1) is 11.6. The molecule has 4 nitrogen and oxygen atoms in total. The minimum Gasteiger partial charge on any atom is -0.396 e. The van der Waals surface area contributed by atoms with E-state index in [2.05, 4.69) is 21.8 Å². The van der Waals surface area contributed by atoms with Crippen molar-refractivity contribution >= 4 is 11.8 Å². The minimum absolute atomic E-state index is 0.237. The standard InChI is InChI=1S/C9H17N3OS/c1-14-7-9(3-5-13)10-6-8-2-4-11-12-8/h2,4,9-10,13H,3,5-7H2,1H3,(H,11,12). The maximum absolute atomic E-state index is 8.85. The highest BCUT2D eigenvalue weighted by Gasteiger charge is 2.06. The van der Waals surface area contributed by atoms with Gasteiger partial charge in [0.15, 0.2) is 0 Å². The summed E-state index contributed by atoms with van der Waals surface area (Å²) in [6, 6.07) is 2.32. The number of nitrogens with zero attached hydrogens (tertiary/aromatic N) is 1. The van der Waals surface area contributed by atoms with Crippen molar-refractivity contribution in [1.82, 2.24) is 15.5 Å². The van der Waals surface area contributed by atoms with Crippen LogP contribution >= 0.6 is 11.8 Å². The van der Waals surface area contributed by atoms with Gasteiger partial charge in [0.1, 0.15) is 0 Å². The van der Waals surface area contributed by atoms with Crippen LogP contribution < -0.4 is 5.32 Å². The first-order valence-corrected chi connectivity index (χ1v) is 6.07. The Labute approximate surface area is 88.5 Å². The molecule has 14 heavy (non-hydrogen) atoms. The van der Waals surface area contributed by atoms with Crippen LogP contribution in [0.15, 0.2) is 12.3 Å². The number of H-pyrrole nitrogens is 1. The maximum atomic E-state index is 8.85. The molecule has 1 aromatic heterocycles. The number of aromatic amines is 1. The van der Waals surface area contributed by atoms with Gasteiger partial charge in [0, 0.05) is 36.8 Å². The molecule has 0 saturated heterocycles. The SMILES string of the molecule is CSCC(CCO)NCc1ccn[nH]1. The molecule has 0 fully saturated rings. The van der Waals surface area contributed by atoms with E-state index in [0.717, 1.165) is 24.4 Å². The van der Waals surface area contributed by atoms with Crippen LogP contribution in [0.25, 0.3) is 0 Å². The molecule has 0 saturated carbocycles. The highest BCUT2D eigenvalue weighted by molar-refractivity contribution is 7.98. The van der Waals surface area contributed by atoms with E-state index >= 15 is 0 Å². The zero-order chi connectivity index (χ0) is 10.2. The van der Waals surface area contributed by atoms with Crippen LogP contribution in [-0.2, 0) is 6.54 Å². The van der Waals surface area contributed by atoms with E-state index in [1.165, 1.54) is 0 Å². The first-order chi connectivity index (χ1) is 6.86. The van der Waals surface area contributed by atoms with E-state index in [4.69, 9.17) is 5.11 Å². The summed E-state index contributed by atoms with van der Waals surface area (Å²) >= 11 is 1.79. The zero-order valence-corrected chi connectivity index (χ0v) is 9.18. The van der Waals surface area contributed by atoms with E-state index < -0.39 is 0 Å². The molecule has 5 heteroatoms. The Hall–Kier alpha value is -0.520. The third-order valence-electron chi connectivity index (χ3n) is 1.99. The summed E-state index contributed by atoms with van der Waals surface area (Å²) in [5, 5.41) is 19.0. The van der Waals surface area contributed by atoms with Gasteiger partial charge in [0.05, 0.1) is 0 Å². The van der Waals surface area contributed by atoms with E-state index in [-0.39, 0.29) is 6.61 Å². The Morgan fingerprint density at radius 2 is 2.57 bits per heavy atom. The van der Waals surface area contributed by atoms with E-state index in [9.17, 15) is 0 Å². The topological polar surface area (TPSA) is 60.9 Å². The molecule has 1 aromatic rings. The minimum atomic E-state index is 0.237. The molecule has 1 atom stereocenters. The molecule has 0 radical (unpaired) electrons. The van der Waals surface area contributed by atoms with Gasteiger partial charge in [-0.3, -0.25) is 5.10 Å². The Morgan fingerprint density at radius 1 is 1.71 bits per heavy atom. The van der Waals surface area contributed by atoms with Crippen LogP contribution in [0.4, 0.5) is 0 Å². The fraction of sp³-hybridized carbons (Fsp3) is 0.667. The number of aromatic nitrogens is 2. The zero-order valence-electron chi connectivity index (χ0n) is 8.36. The Balaban J connectivity index is 2.25. The summed E-state index contributed by atoms with van der Waals surface area (Å²) in [7, 11) is 0. The van der Waals surface area contributed by atoms with Gasteiger partial charge in [-0.15, -0.1) is 0 Å². The Morgan fingerprint density at radius 3 is 3.14 bits per heavy atom. The van der Waals surface area contributed by atoms with Gasteiger partial charge >= 0.3 is 0 Å². The number of aliphatic hydroxyl groups is 1. The molecule has 0 amide bonds. The van der Waals surface area contributed by atoms with Crippen molar-refractivity contribution in [2.75, 3.05) is 18.6 Å². The van der Waals surface area contributed by atoms with Crippen LogP contribution in [0.5, 0.6) is 0 Å². The average Bonchev–Trinajstić information content (AvgIpc) is 2.67. The van der Waals surface area contributed by atoms with Gasteiger partial charge < -0.3 is 10.4 Å². The second-order valence-corrected chi connectivity index (χ2v) is 4.04. The quantitative estimate of drug-likeness (QED) is 0.624. The second kappa shape index (κ2) is 6.86. The van der Waals surface area contributed by atoms with Crippen LogP contribution in [0.3, 0.4) is 0 Å². The summed E-state index contributed by atoms with van der Waals surface area (Å²) in [5.41, 5.74) is 1.08. The van der Waals surface area contributed by atoms with Gasteiger partial charge in [-0.1, -0.05) is 0 Å². The number of nitrogens with one attached hydrogen (secondary N) is 2. The number of thioether (sulfide) groups is 1. The molecular formula is C9H17N3OS. The van der Waals surface area contributed by atoms with Crippen molar-refractivity contribution in [3.8, 4) is 0 Å². The molecule has 0 aromatic carbocycles. The van der Waals surface area contributed by atoms with Crippen LogP contribution in [0, 0.1) is 0 Å². The van der Waals surface area contributed by atoms with Crippen LogP contribution in [0.2, 0.25) is 0 Å². The second-order valence-electron chi connectivity index (χ2n) is 3.13. The number of rotatable bonds is 7. The highest BCUT2D eigenvalue weighted by Crippen LogP contribution is 2.02. The molecule has 3 N–H and O–H groups in total. The van der Waals surface area contributed by atoms with Crippen LogP contribution in [0.1, 0.15) is 12.1 Å². The van der Waals surface area contributed by atoms with Crippen molar-refractivity contribution in [2.24, 2.45) is 0 Å². The van der Waals surface area contributed by atoms with Crippen molar-refractivity contribution in [2.45, 2.75) is 19.0 Å². The van der Waals surface area contributed by atoms with Crippen molar-refractivity contribution in [3.05, 3.63) is 18.0 Å². The molecule has 0 spiro atoms. The Bertz CT molecular complexity index is 222. The molecule has 0 bridgehead atoms. The predicted molar refractivity (Wildman–Crippen MR) is 59.3 cm³/mol. The molecule has 1 heterocycles. The predicted octanol–water partition coefficient (Wildman–Crippen LogP) is 0.613.